The molecule has 7 nitrogen and oxygen atoms in total. The molecular formula is C20H23NO6. The first-order valence-corrected chi connectivity index (χ1v) is 8.80. The molecule has 1 aliphatic heterocycles. The second kappa shape index (κ2) is 7.84. The van der Waals surface area contributed by atoms with Crippen molar-refractivity contribution >= 4 is 11.9 Å². The Balaban J connectivity index is 1.64. The Kier molecular flexibility index (Phi) is 5.51. The lowest BCUT2D eigenvalue weighted by molar-refractivity contribution is -0.160. The first-order valence-electron chi connectivity index (χ1n) is 8.80. The fourth-order valence-electron chi connectivity index (χ4n) is 3.09. The van der Waals surface area contributed by atoms with Crippen molar-refractivity contribution in [1.82, 2.24) is 4.90 Å². The van der Waals surface area contributed by atoms with Gasteiger partial charge in [-0.25, -0.2) is 4.79 Å². The minimum absolute atomic E-state index is 0.00635. The van der Waals surface area contributed by atoms with Crippen LogP contribution in [0.3, 0.4) is 0 Å². The number of carboxylic acid groups (broad SMARTS) is 1. The molecule has 3 rings (SSSR count). The maximum Gasteiger partial charge on any atom is 0.334 e. The highest BCUT2D eigenvalue weighted by molar-refractivity contribution is 5.92. The number of ether oxygens (including phenoxy) is 2. The molecule has 1 aromatic heterocycles. The van der Waals surface area contributed by atoms with E-state index in [0.29, 0.717) is 12.3 Å². The first kappa shape index (κ1) is 19.0. The highest BCUT2D eigenvalue weighted by Crippen LogP contribution is 2.21. The van der Waals surface area contributed by atoms with Crippen LogP contribution in [0.2, 0.25) is 0 Å². The number of hydrogen-bond donors (Lipinski definition) is 1. The highest BCUT2D eigenvalue weighted by Gasteiger charge is 2.34. The Hall–Kier alpha value is -2.80. The number of nitrogens with zero attached hydrogens (tertiary/aromatic N) is 1. The van der Waals surface area contributed by atoms with Gasteiger partial charge in [0.25, 0.3) is 5.91 Å². The van der Waals surface area contributed by atoms with Crippen LogP contribution < -0.4 is 4.74 Å². The molecule has 1 N–H and O–H groups in total. The maximum absolute atomic E-state index is 12.6. The quantitative estimate of drug-likeness (QED) is 0.867. The van der Waals surface area contributed by atoms with E-state index in [9.17, 15) is 9.59 Å². The smallest absolute Gasteiger partial charge is 0.334 e. The number of carboxylic acids is 1. The Labute approximate surface area is 157 Å². The molecule has 1 amide bonds. The van der Waals surface area contributed by atoms with Crippen LogP contribution in [0.25, 0.3) is 0 Å². The average Bonchev–Trinajstić information content (AvgIpc) is 3.08. The molecule has 1 saturated heterocycles. The molecule has 0 saturated carbocycles. The number of furan rings is 1. The minimum atomic E-state index is -1.08. The molecule has 1 fully saturated rings. The van der Waals surface area contributed by atoms with Crippen molar-refractivity contribution < 1.29 is 28.6 Å². The average molecular weight is 373 g/mol. The van der Waals surface area contributed by atoms with Crippen molar-refractivity contribution in [2.75, 3.05) is 13.1 Å². The number of aryl methyl sites for hydroxylation is 2. The summed E-state index contributed by atoms with van der Waals surface area (Å²) in [6.07, 6.45) is -1.38. The zero-order valence-corrected chi connectivity index (χ0v) is 15.6. The van der Waals surface area contributed by atoms with E-state index in [1.807, 2.05) is 32.0 Å². The van der Waals surface area contributed by atoms with E-state index >= 15 is 0 Å². The van der Waals surface area contributed by atoms with Crippen LogP contribution in [0.5, 0.6) is 5.75 Å². The monoisotopic (exact) mass is 373 g/mol. The van der Waals surface area contributed by atoms with Crippen LogP contribution in [0.1, 0.15) is 34.4 Å². The lowest BCUT2D eigenvalue weighted by Gasteiger charge is -2.34. The lowest BCUT2D eigenvalue weighted by atomic mass is 10.1. The van der Waals surface area contributed by atoms with E-state index in [0.717, 1.165) is 16.9 Å². The SMILES string of the molecule is Cc1ccc(OCc2ccc(C(=O)N3CC(C(=O)O)O[C@H](C)C3)o2)c(C)c1. The molecule has 0 radical (unpaired) electrons. The Morgan fingerprint density at radius 3 is 2.70 bits per heavy atom. The molecule has 2 heterocycles. The number of carbonyl (C=O) groups is 2. The van der Waals surface area contributed by atoms with Gasteiger partial charge in [0, 0.05) is 6.54 Å². The zero-order chi connectivity index (χ0) is 19.6. The number of aliphatic carboxylic acids is 1. The van der Waals surface area contributed by atoms with Crippen molar-refractivity contribution in [3.05, 3.63) is 53.0 Å². The van der Waals surface area contributed by atoms with E-state index in [1.54, 1.807) is 19.1 Å². The van der Waals surface area contributed by atoms with Gasteiger partial charge in [-0.05, 0) is 44.5 Å². The second-order valence-electron chi connectivity index (χ2n) is 6.81. The first-order chi connectivity index (χ1) is 12.8. The normalized spacial score (nSPS) is 19.7. The number of amides is 1. The number of benzene rings is 1. The molecule has 1 aromatic carbocycles. The Morgan fingerprint density at radius 1 is 1.22 bits per heavy atom. The van der Waals surface area contributed by atoms with Crippen molar-refractivity contribution in [2.45, 2.75) is 39.6 Å². The predicted octanol–water partition coefficient (Wildman–Crippen LogP) is 2.79. The third-order valence-corrected chi connectivity index (χ3v) is 4.40. The molecule has 0 bridgehead atoms. The standard InChI is InChI=1S/C20H23NO6/c1-12-4-6-16(13(2)8-12)25-11-15-5-7-17(27-15)19(22)21-9-14(3)26-18(10-21)20(23)24/h4-8,14,18H,9-11H2,1-3H3,(H,23,24)/t14-,18?/m1/s1. The van der Waals surface area contributed by atoms with Gasteiger partial charge in [-0.3, -0.25) is 4.79 Å². The van der Waals surface area contributed by atoms with E-state index in [4.69, 9.17) is 19.0 Å². The van der Waals surface area contributed by atoms with Gasteiger partial charge >= 0.3 is 5.97 Å². The fraction of sp³-hybridized carbons (Fsp3) is 0.400. The van der Waals surface area contributed by atoms with Crippen LogP contribution in [0.4, 0.5) is 0 Å². The van der Waals surface area contributed by atoms with Crippen LogP contribution in [0.15, 0.2) is 34.7 Å². The summed E-state index contributed by atoms with van der Waals surface area (Å²) in [6.45, 7) is 6.24. The molecule has 7 heteroatoms. The fourth-order valence-corrected chi connectivity index (χ4v) is 3.09. The van der Waals surface area contributed by atoms with Gasteiger partial charge in [0.15, 0.2) is 11.9 Å². The van der Waals surface area contributed by atoms with Crippen LogP contribution in [-0.4, -0.2) is 47.2 Å². The summed E-state index contributed by atoms with van der Waals surface area (Å²) in [4.78, 5) is 25.3. The van der Waals surface area contributed by atoms with E-state index in [2.05, 4.69) is 0 Å². The van der Waals surface area contributed by atoms with Crippen molar-refractivity contribution in [3.8, 4) is 5.75 Å². The maximum atomic E-state index is 12.6. The molecular weight excluding hydrogens is 350 g/mol. The number of rotatable bonds is 5. The van der Waals surface area contributed by atoms with E-state index in [-0.39, 0.29) is 30.9 Å². The van der Waals surface area contributed by atoms with Gasteiger partial charge in [-0.15, -0.1) is 0 Å². The summed E-state index contributed by atoms with van der Waals surface area (Å²) in [5, 5.41) is 9.15. The van der Waals surface area contributed by atoms with Crippen molar-refractivity contribution in [2.24, 2.45) is 0 Å². The Bertz CT molecular complexity index is 843. The topological polar surface area (TPSA) is 89.2 Å². The van der Waals surface area contributed by atoms with Gasteiger partial charge in [0.05, 0.1) is 12.6 Å². The van der Waals surface area contributed by atoms with E-state index < -0.39 is 12.1 Å². The van der Waals surface area contributed by atoms with Gasteiger partial charge in [0.2, 0.25) is 0 Å². The number of morpholine rings is 1. The summed E-state index contributed by atoms with van der Waals surface area (Å²) in [6, 6.07) is 9.18. The van der Waals surface area contributed by atoms with Crippen molar-refractivity contribution in [1.29, 1.82) is 0 Å². The molecule has 0 aliphatic carbocycles. The third-order valence-electron chi connectivity index (χ3n) is 4.40. The lowest BCUT2D eigenvalue weighted by Crippen LogP contribution is -2.51. The predicted molar refractivity (Wildman–Crippen MR) is 96.8 cm³/mol. The molecule has 27 heavy (non-hydrogen) atoms. The summed E-state index contributed by atoms with van der Waals surface area (Å²) in [7, 11) is 0. The molecule has 2 aromatic rings. The van der Waals surface area contributed by atoms with Crippen molar-refractivity contribution in [3.63, 3.8) is 0 Å². The largest absolute Gasteiger partial charge is 0.485 e. The van der Waals surface area contributed by atoms with Gasteiger partial charge in [0.1, 0.15) is 18.1 Å². The molecule has 144 valence electrons. The summed E-state index contributed by atoms with van der Waals surface area (Å²) < 4.78 is 16.7. The molecule has 0 spiro atoms. The highest BCUT2D eigenvalue weighted by atomic mass is 16.5. The summed E-state index contributed by atoms with van der Waals surface area (Å²) >= 11 is 0. The van der Waals surface area contributed by atoms with Crippen LogP contribution >= 0.6 is 0 Å². The summed E-state index contributed by atoms with van der Waals surface area (Å²) in [5.41, 5.74) is 2.19. The van der Waals surface area contributed by atoms with Crippen LogP contribution in [0, 0.1) is 13.8 Å². The van der Waals surface area contributed by atoms with E-state index in [1.165, 1.54) is 4.90 Å². The second-order valence-corrected chi connectivity index (χ2v) is 6.81. The zero-order valence-electron chi connectivity index (χ0n) is 15.6. The molecule has 1 aliphatic rings. The van der Waals surface area contributed by atoms with Crippen LogP contribution in [-0.2, 0) is 16.1 Å². The minimum Gasteiger partial charge on any atom is -0.485 e. The molecule has 2 atom stereocenters. The Morgan fingerprint density at radius 2 is 2.00 bits per heavy atom. The number of carbonyl (C=O) groups excluding carboxylic acids is 1. The third kappa shape index (κ3) is 4.49. The number of hydrogen-bond acceptors (Lipinski definition) is 5. The molecule has 1 unspecified atom stereocenters. The van der Waals surface area contributed by atoms with Gasteiger partial charge in [-0.2, -0.15) is 0 Å². The van der Waals surface area contributed by atoms with Gasteiger partial charge in [-0.1, -0.05) is 17.7 Å². The van der Waals surface area contributed by atoms with Gasteiger partial charge < -0.3 is 23.9 Å². The summed E-state index contributed by atoms with van der Waals surface area (Å²) in [5.74, 6) is 0.00795.